The maximum absolute atomic E-state index is 12.7. The van der Waals surface area contributed by atoms with Crippen LogP contribution in [0, 0.1) is 0 Å². The largest absolute Gasteiger partial charge is 0.457 e. The molecule has 0 radical (unpaired) electrons. The van der Waals surface area contributed by atoms with Crippen molar-refractivity contribution in [3.8, 4) is 11.5 Å². The summed E-state index contributed by atoms with van der Waals surface area (Å²) in [4.78, 5) is 10.5. The molecule has 0 aliphatic rings. The Labute approximate surface area is 121 Å². The van der Waals surface area contributed by atoms with E-state index in [-0.39, 0.29) is 10.2 Å². The Morgan fingerprint density at radius 1 is 1.00 bits per heavy atom. The SMILES string of the molecule is O=Cc1ccc(Oc2cc(Br)cc(C(F)(F)F)c2)cc1. The molecule has 0 heterocycles. The molecule has 20 heavy (non-hydrogen) atoms. The molecule has 104 valence electrons. The zero-order valence-electron chi connectivity index (χ0n) is 9.95. The van der Waals surface area contributed by atoms with Crippen LogP contribution in [0.4, 0.5) is 13.2 Å². The fourth-order valence-electron chi connectivity index (χ4n) is 1.54. The first-order chi connectivity index (χ1) is 9.38. The number of rotatable bonds is 3. The summed E-state index contributed by atoms with van der Waals surface area (Å²) in [5, 5.41) is 0. The predicted molar refractivity (Wildman–Crippen MR) is 71.0 cm³/mol. The average Bonchev–Trinajstić information content (AvgIpc) is 2.38. The highest BCUT2D eigenvalue weighted by Crippen LogP contribution is 2.35. The highest BCUT2D eigenvalue weighted by Gasteiger charge is 2.31. The van der Waals surface area contributed by atoms with Gasteiger partial charge in [-0.2, -0.15) is 13.2 Å². The van der Waals surface area contributed by atoms with Crippen molar-refractivity contribution in [1.29, 1.82) is 0 Å². The zero-order chi connectivity index (χ0) is 14.8. The highest BCUT2D eigenvalue weighted by atomic mass is 79.9. The van der Waals surface area contributed by atoms with Crippen molar-refractivity contribution in [1.82, 2.24) is 0 Å². The monoisotopic (exact) mass is 344 g/mol. The second kappa shape index (κ2) is 5.66. The Kier molecular flexibility index (Phi) is 4.13. The minimum Gasteiger partial charge on any atom is -0.457 e. The van der Waals surface area contributed by atoms with Crippen molar-refractivity contribution in [2.45, 2.75) is 6.18 Å². The molecule has 0 saturated heterocycles. The van der Waals surface area contributed by atoms with Gasteiger partial charge >= 0.3 is 6.18 Å². The van der Waals surface area contributed by atoms with E-state index in [1.54, 1.807) is 0 Å². The van der Waals surface area contributed by atoms with Crippen LogP contribution < -0.4 is 4.74 Å². The third kappa shape index (κ3) is 3.60. The van der Waals surface area contributed by atoms with Crippen molar-refractivity contribution in [2.24, 2.45) is 0 Å². The van der Waals surface area contributed by atoms with Crippen LogP contribution in [0.1, 0.15) is 15.9 Å². The molecule has 0 bridgehead atoms. The number of hydrogen-bond donors (Lipinski definition) is 0. The second-order valence-corrected chi connectivity index (χ2v) is 4.88. The Balaban J connectivity index is 2.28. The third-order valence-corrected chi connectivity index (χ3v) is 2.91. The summed E-state index contributed by atoms with van der Waals surface area (Å²) in [5.74, 6) is 0.410. The number of alkyl halides is 3. The maximum atomic E-state index is 12.7. The quantitative estimate of drug-likeness (QED) is 0.726. The van der Waals surface area contributed by atoms with Gasteiger partial charge in [-0.25, -0.2) is 0 Å². The van der Waals surface area contributed by atoms with Crippen molar-refractivity contribution < 1.29 is 22.7 Å². The molecule has 0 N–H and O–H groups in total. The van der Waals surface area contributed by atoms with Gasteiger partial charge in [0.2, 0.25) is 0 Å². The first kappa shape index (κ1) is 14.6. The van der Waals surface area contributed by atoms with Crippen LogP contribution in [0.5, 0.6) is 11.5 Å². The molecule has 2 aromatic rings. The summed E-state index contributed by atoms with van der Waals surface area (Å²) in [6, 6.07) is 9.38. The normalized spacial score (nSPS) is 11.2. The van der Waals surface area contributed by atoms with E-state index >= 15 is 0 Å². The lowest BCUT2D eigenvalue weighted by Gasteiger charge is -2.11. The van der Waals surface area contributed by atoms with Crippen LogP contribution in [0.15, 0.2) is 46.9 Å². The van der Waals surface area contributed by atoms with E-state index in [0.29, 0.717) is 17.6 Å². The Hall–Kier alpha value is -1.82. The van der Waals surface area contributed by atoms with Crippen LogP contribution >= 0.6 is 15.9 Å². The Bertz CT molecular complexity index is 621. The number of benzene rings is 2. The number of ether oxygens (including phenoxy) is 1. The van der Waals surface area contributed by atoms with Gasteiger partial charge in [-0.05, 0) is 42.5 Å². The minimum atomic E-state index is -4.44. The molecule has 2 rings (SSSR count). The molecule has 6 heteroatoms. The standard InChI is InChI=1S/C14H8BrF3O2/c15-11-5-10(14(16,17)18)6-13(7-11)20-12-3-1-9(8-19)2-4-12/h1-8H. The topological polar surface area (TPSA) is 26.3 Å². The van der Waals surface area contributed by atoms with E-state index in [0.717, 1.165) is 12.1 Å². The second-order valence-electron chi connectivity index (χ2n) is 3.96. The summed E-state index contributed by atoms with van der Waals surface area (Å²) < 4.78 is 43.6. The number of carbonyl (C=O) groups is 1. The molecule has 0 aliphatic heterocycles. The summed E-state index contributed by atoms with van der Waals surface area (Å²) in [6.45, 7) is 0. The highest BCUT2D eigenvalue weighted by molar-refractivity contribution is 9.10. The van der Waals surface area contributed by atoms with Gasteiger partial charge < -0.3 is 4.74 Å². The van der Waals surface area contributed by atoms with Gasteiger partial charge in [-0.3, -0.25) is 4.79 Å². The molecule has 0 fully saturated rings. The van der Waals surface area contributed by atoms with E-state index < -0.39 is 11.7 Å². The fraction of sp³-hybridized carbons (Fsp3) is 0.0714. The lowest BCUT2D eigenvalue weighted by atomic mass is 10.2. The Morgan fingerprint density at radius 3 is 2.20 bits per heavy atom. The van der Waals surface area contributed by atoms with E-state index in [2.05, 4.69) is 15.9 Å². The first-order valence-electron chi connectivity index (χ1n) is 5.49. The lowest BCUT2D eigenvalue weighted by Crippen LogP contribution is -2.04. The van der Waals surface area contributed by atoms with Crippen molar-refractivity contribution in [2.75, 3.05) is 0 Å². The third-order valence-electron chi connectivity index (χ3n) is 2.45. The van der Waals surface area contributed by atoms with Gasteiger partial charge in [0.05, 0.1) is 5.56 Å². The van der Waals surface area contributed by atoms with Gasteiger partial charge in [-0.1, -0.05) is 15.9 Å². The van der Waals surface area contributed by atoms with Crippen LogP contribution in [0.2, 0.25) is 0 Å². The van der Waals surface area contributed by atoms with Crippen molar-refractivity contribution >= 4 is 22.2 Å². The molecule has 0 amide bonds. The summed E-state index contributed by atoms with van der Waals surface area (Å²) in [5.41, 5.74) is -0.339. The first-order valence-corrected chi connectivity index (χ1v) is 6.28. The van der Waals surface area contributed by atoms with Gasteiger partial charge in [0, 0.05) is 10.0 Å². The summed E-state index contributed by atoms with van der Waals surface area (Å²) in [7, 11) is 0. The summed E-state index contributed by atoms with van der Waals surface area (Å²) >= 11 is 3.02. The number of aldehydes is 1. The zero-order valence-corrected chi connectivity index (χ0v) is 11.5. The van der Waals surface area contributed by atoms with E-state index in [4.69, 9.17) is 4.74 Å². The van der Waals surface area contributed by atoms with Gasteiger partial charge in [0.15, 0.2) is 0 Å². The number of halogens is 4. The van der Waals surface area contributed by atoms with Gasteiger partial charge in [0.1, 0.15) is 17.8 Å². The summed E-state index contributed by atoms with van der Waals surface area (Å²) in [6.07, 6.45) is -3.77. The Morgan fingerprint density at radius 2 is 1.65 bits per heavy atom. The average molecular weight is 345 g/mol. The molecule has 0 atom stereocenters. The number of carbonyl (C=O) groups excluding carboxylic acids is 1. The number of hydrogen-bond acceptors (Lipinski definition) is 2. The molecule has 0 spiro atoms. The van der Waals surface area contributed by atoms with Crippen LogP contribution in [0.25, 0.3) is 0 Å². The van der Waals surface area contributed by atoms with E-state index in [1.807, 2.05) is 0 Å². The van der Waals surface area contributed by atoms with Crippen molar-refractivity contribution in [3.63, 3.8) is 0 Å². The van der Waals surface area contributed by atoms with Crippen LogP contribution in [0.3, 0.4) is 0 Å². The fourth-order valence-corrected chi connectivity index (χ4v) is 2.01. The predicted octanol–water partition coefficient (Wildman–Crippen LogP) is 5.07. The minimum absolute atomic E-state index is 0.0607. The van der Waals surface area contributed by atoms with E-state index in [9.17, 15) is 18.0 Å². The molecular weight excluding hydrogens is 337 g/mol. The van der Waals surface area contributed by atoms with Crippen LogP contribution in [-0.4, -0.2) is 6.29 Å². The molecule has 0 aromatic heterocycles. The molecule has 2 aromatic carbocycles. The van der Waals surface area contributed by atoms with E-state index in [1.165, 1.54) is 30.3 Å². The van der Waals surface area contributed by atoms with Crippen molar-refractivity contribution in [3.05, 3.63) is 58.1 Å². The van der Waals surface area contributed by atoms with Gasteiger partial charge in [0.25, 0.3) is 0 Å². The van der Waals surface area contributed by atoms with Crippen LogP contribution in [-0.2, 0) is 6.18 Å². The lowest BCUT2D eigenvalue weighted by molar-refractivity contribution is -0.137. The molecule has 0 aliphatic carbocycles. The maximum Gasteiger partial charge on any atom is 0.416 e. The molecule has 0 saturated carbocycles. The molecule has 0 unspecified atom stereocenters. The smallest absolute Gasteiger partial charge is 0.416 e. The molecular formula is C14H8BrF3O2. The molecule has 2 nitrogen and oxygen atoms in total. The van der Waals surface area contributed by atoms with Gasteiger partial charge in [-0.15, -0.1) is 0 Å².